The third kappa shape index (κ3) is 12.0. The molecule has 7 nitrogen and oxygen atoms in total. The van der Waals surface area contributed by atoms with Gasteiger partial charge in [-0.3, -0.25) is 5.32 Å². The Balaban J connectivity index is 1.62. The number of aliphatic hydroxyl groups excluding tert-OH is 1. The molecule has 2 N–H and O–H groups in total. The fraction of sp³-hybridized carbons (Fsp3) is 0.774. The van der Waals surface area contributed by atoms with E-state index in [4.69, 9.17) is 9.47 Å². The van der Waals surface area contributed by atoms with E-state index in [2.05, 4.69) is 54.9 Å². The van der Waals surface area contributed by atoms with Crippen molar-refractivity contribution in [2.24, 2.45) is 17.8 Å². The maximum atomic E-state index is 12.2. The number of allylic oxidation sites excluding steroid dienone is 4. The van der Waals surface area contributed by atoms with Crippen molar-refractivity contribution in [1.82, 2.24) is 15.1 Å². The lowest BCUT2D eigenvalue weighted by Crippen LogP contribution is -2.42. The molecule has 1 fully saturated rings. The number of carbonyl (C=O) groups is 1. The molecule has 1 aliphatic carbocycles. The zero-order valence-corrected chi connectivity index (χ0v) is 24.8. The number of nitrogens with one attached hydrogen (secondary N) is 1. The van der Waals surface area contributed by atoms with Crippen molar-refractivity contribution in [2.75, 3.05) is 52.5 Å². The van der Waals surface area contributed by atoms with E-state index in [-0.39, 0.29) is 12.0 Å². The molecule has 3 atom stereocenters. The smallest absolute Gasteiger partial charge is 0.410 e. The number of piperidine rings is 1. The van der Waals surface area contributed by atoms with E-state index in [0.29, 0.717) is 18.4 Å². The number of nitrogens with zero attached hydrogens (tertiary/aromatic N) is 2. The van der Waals surface area contributed by atoms with Crippen LogP contribution in [0.4, 0.5) is 4.79 Å². The number of ether oxygens (including phenoxy) is 2. The number of likely N-dealkylation sites (N-methyl/N-ethyl adjacent to an activating group) is 1. The zero-order valence-electron chi connectivity index (χ0n) is 24.8. The highest BCUT2D eigenvalue weighted by atomic mass is 16.6. The second-order valence-electron chi connectivity index (χ2n) is 11.7. The standard InChI is InChI=1S/C31H55N3O4/c1-7-26(27-13-15-28(16-14-27)29(35)32-19-22-33(8-2)9-3)12-10-11-23-37-24-25-17-20-34(21-18-25)30(36)38-31(4,5)6/h7,10-11,13,25-26,28-29,32,35H,1,8-9,12,14-24H2,2-6H3/b11-10+. The van der Waals surface area contributed by atoms with Crippen LogP contribution in [0.25, 0.3) is 0 Å². The molecule has 0 aromatic rings. The van der Waals surface area contributed by atoms with Gasteiger partial charge in [-0.2, -0.15) is 0 Å². The van der Waals surface area contributed by atoms with Crippen LogP contribution < -0.4 is 5.32 Å². The third-order valence-electron chi connectivity index (χ3n) is 7.76. The van der Waals surface area contributed by atoms with E-state index in [1.165, 1.54) is 5.57 Å². The van der Waals surface area contributed by atoms with Gasteiger partial charge in [0.05, 0.1) is 6.61 Å². The summed E-state index contributed by atoms with van der Waals surface area (Å²) in [7, 11) is 0. The molecule has 1 aliphatic heterocycles. The lowest BCUT2D eigenvalue weighted by Gasteiger charge is -2.33. The minimum absolute atomic E-state index is 0.209. The minimum Gasteiger partial charge on any atom is -0.444 e. The van der Waals surface area contributed by atoms with Gasteiger partial charge in [-0.25, -0.2) is 4.79 Å². The van der Waals surface area contributed by atoms with Crippen molar-refractivity contribution in [3.8, 4) is 0 Å². The molecule has 1 saturated heterocycles. The topological polar surface area (TPSA) is 74.3 Å². The molecule has 0 bridgehead atoms. The molecule has 0 radical (unpaired) electrons. The van der Waals surface area contributed by atoms with Gasteiger partial charge in [-0.15, -0.1) is 6.58 Å². The van der Waals surface area contributed by atoms with Crippen LogP contribution in [0.1, 0.15) is 73.1 Å². The molecular weight excluding hydrogens is 478 g/mol. The van der Waals surface area contributed by atoms with Crippen LogP contribution >= 0.6 is 0 Å². The predicted molar refractivity (Wildman–Crippen MR) is 156 cm³/mol. The Morgan fingerprint density at radius 2 is 1.95 bits per heavy atom. The average molecular weight is 534 g/mol. The molecule has 0 aromatic carbocycles. The first-order valence-corrected chi connectivity index (χ1v) is 14.8. The number of hydrogen-bond donors (Lipinski definition) is 2. The fourth-order valence-electron chi connectivity index (χ4n) is 5.20. The van der Waals surface area contributed by atoms with E-state index >= 15 is 0 Å². The summed E-state index contributed by atoms with van der Waals surface area (Å²) in [6, 6.07) is 0. The van der Waals surface area contributed by atoms with Gasteiger partial charge in [0.25, 0.3) is 0 Å². The normalized spacial score (nSPS) is 21.0. The molecule has 1 heterocycles. The lowest BCUT2D eigenvalue weighted by atomic mass is 9.82. The molecule has 38 heavy (non-hydrogen) atoms. The first-order valence-electron chi connectivity index (χ1n) is 14.8. The van der Waals surface area contributed by atoms with E-state index in [1.807, 2.05) is 25.7 Å². The molecule has 0 saturated carbocycles. The van der Waals surface area contributed by atoms with Crippen LogP contribution in [0.5, 0.6) is 0 Å². The first-order chi connectivity index (χ1) is 18.2. The summed E-state index contributed by atoms with van der Waals surface area (Å²) in [5.41, 5.74) is 0.989. The molecule has 2 rings (SSSR count). The second-order valence-corrected chi connectivity index (χ2v) is 11.7. The monoisotopic (exact) mass is 533 g/mol. The summed E-state index contributed by atoms with van der Waals surface area (Å²) in [5.74, 6) is 1.11. The molecule has 0 aromatic heterocycles. The summed E-state index contributed by atoms with van der Waals surface area (Å²) in [5, 5.41) is 13.9. The quantitative estimate of drug-likeness (QED) is 0.167. The van der Waals surface area contributed by atoms with Gasteiger partial charge in [0, 0.05) is 44.6 Å². The number of amides is 1. The van der Waals surface area contributed by atoms with Crippen molar-refractivity contribution in [1.29, 1.82) is 0 Å². The number of rotatable bonds is 15. The van der Waals surface area contributed by atoms with Crippen LogP contribution in [0, 0.1) is 17.8 Å². The van der Waals surface area contributed by atoms with Gasteiger partial charge in [-0.05, 0) is 78.3 Å². The highest BCUT2D eigenvalue weighted by Crippen LogP contribution is 2.31. The van der Waals surface area contributed by atoms with E-state index < -0.39 is 11.8 Å². The molecular formula is C31H55N3O4. The molecule has 2 aliphatic rings. The Bertz CT molecular complexity index is 749. The summed E-state index contributed by atoms with van der Waals surface area (Å²) in [6.45, 7) is 20.8. The van der Waals surface area contributed by atoms with Crippen molar-refractivity contribution in [2.45, 2.75) is 85.0 Å². The largest absolute Gasteiger partial charge is 0.444 e. The van der Waals surface area contributed by atoms with Gasteiger partial charge in [0.2, 0.25) is 0 Å². The van der Waals surface area contributed by atoms with Crippen LogP contribution in [0.15, 0.2) is 36.5 Å². The lowest BCUT2D eigenvalue weighted by molar-refractivity contribution is 0.0131. The molecule has 0 spiro atoms. The van der Waals surface area contributed by atoms with Crippen LogP contribution in [-0.4, -0.2) is 85.3 Å². The highest BCUT2D eigenvalue weighted by Gasteiger charge is 2.27. The third-order valence-corrected chi connectivity index (χ3v) is 7.76. The van der Waals surface area contributed by atoms with Crippen LogP contribution in [-0.2, 0) is 9.47 Å². The van der Waals surface area contributed by atoms with Gasteiger partial charge < -0.3 is 24.4 Å². The molecule has 7 heteroatoms. The summed E-state index contributed by atoms with van der Waals surface area (Å²) in [6.07, 6.45) is 13.8. The number of carbonyl (C=O) groups excluding carboxylic acids is 1. The summed E-state index contributed by atoms with van der Waals surface area (Å²) >= 11 is 0. The minimum atomic E-state index is -0.450. The van der Waals surface area contributed by atoms with Crippen molar-refractivity contribution in [3.63, 3.8) is 0 Å². The predicted octanol–water partition coefficient (Wildman–Crippen LogP) is 5.37. The summed E-state index contributed by atoms with van der Waals surface area (Å²) < 4.78 is 11.4. The summed E-state index contributed by atoms with van der Waals surface area (Å²) in [4.78, 5) is 16.4. The molecule has 1 amide bonds. The van der Waals surface area contributed by atoms with Crippen molar-refractivity contribution in [3.05, 3.63) is 36.5 Å². The SMILES string of the molecule is C=CC(C/C=C/COCC1CCN(C(=O)OC(C)(C)C)CC1)C1=CCC(C(O)NCCN(CC)CC)CC1. The average Bonchev–Trinajstić information content (AvgIpc) is 2.90. The Hall–Kier alpha value is -1.67. The highest BCUT2D eigenvalue weighted by molar-refractivity contribution is 5.68. The maximum absolute atomic E-state index is 12.2. The fourth-order valence-corrected chi connectivity index (χ4v) is 5.20. The van der Waals surface area contributed by atoms with Crippen molar-refractivity contribution >= 4 is 6.09 Å². The van der Waals surface area contributed by atoms with E-state index in [9.17, 15) is 9.90 Å². The number of likely N-dealkylation sites (tertiary alicyclic amines) is 1. The van der Waals surface area contributed by atoms with E-state index in [1.54, 1.807) is 0 Å². The molecule has 3 unspecified atom stereocenters. The van der Waals surface area contributed by atoms with Crippen molar-refractivity contribution < 1.29 is 19.4 Å². The Morgan fingerprint density at radius 3 is 2.53 bits per heavy atom. The Labute approximate surface area is 232 Å². The first kappa shape index (κ1) is 32.5. The zero-order chi connectivity index (χ0) is 28.0. The number of aliphatic hydroxyl groups is 1. The molecule has 218 valence electrons. The Kier molecular flexibility index (Phi) is 14.7. The second kappa shape index (κ2) is 17.1. The van der Waals surface area contributed by atoms with Gasteiger partial charge in [-0.1, -0.05) is 43.7 Å². The van der Waals surface area contributed by atoms with Gasteiger partial charge >= 0.3 is 6.09 Å². The van der Waals surface area contributed by atoms with Gasteiger partial charge in [0.15, 0.2) is 0 Å². The maximum Gasteiger partial charge on any atom is 0.410 e. The van der Waals surface area contributed by atoms with Crippen LogP contribution in [0.2, 0.25) is 0 Å². The number of hydrogen-bond acceptors (Lipinski definition) is 6. The van der Waals surface area contributed by atoms with Gasteiger partial charge in [0.1, 0.15) is 11.8 Å². The van der Waals surface area contributed by atoms with E-state index in [0.717, 1.165) is 84.4 Å². The Morgan fingerprint density at radius 1 is 1.24 bits per heavy atom. The van der Waals surface area contributed by atoms with Crippen LogP contribution in [0.3, 0.4) is 0 Å².